The van der Waals surface area contributed by atoms with E-state index >= 15 is 0 Å². The SMILES string of the molecule is O=C(NC1CCCC1)C1(c2ccc(NS(=O)(=O)c3ccc(Br)s3)cc2)CC1.O=C(O)C(F)(F)F. The Morgan fingerprint density at radius 2 is 1.62 bits per heavy atom. The summed E-state index contributed by atoms with van der Waals surface area (Å²) >= 11 is 4.44. The third kappa shape index (κ3) is 6.51. The number of thiophene rings is 1. The summed E-state index contributed by atoms with van der Waals surface area (Å²) in [5.41, 5.74) is 1.02. The van der Waals surface area contributed by atoms with Gasteiger partial charge in [-0.05, 0) is 71.4 Å². The lowest BCUT2D eigenvalue weighted by molar-refractivity contribution is -0.192. The first-order chi connectivity index (χ1) is 15.8. The molecule has 1 aromatic heterocycles. The summed E-state index contributed by atoms with van der Waals surface area (Å²) in [5, 5.41) is 10.3. The fourth-order valence-electron chi connectivity index (χ4n) is 3.67. The van der Waals surface area contributed by atoms with Crippen LogP contribution >= 0.6 is 27.3 Å². The number of sulfonamides is 1. The Kier molecular flexibility index (Phi) is 7.98. The fraction of sp³-hybridized carbons (Fsp3) is 0.429. The molecule has 4 rings (SSSR count). The summed E-state index contributed by atoms with van der Waals surface area (Å²) < 4.78 is 60.2. The summed E-state index contributed by atoms with van der Waals surface area (Å²) in [7, 11) is -3.60. The van der Waals surface area contributed by atoms with E-state index in [1.165, 1.54) is 12.8 Å². The van der Waals surface area contributed by atoms with E-state index in [-0.39, 0.29) is 10.1 Å². The maximum atomic E-state index is 12.8. The van der Waals surface area contributed by atoms with Crippen molar-refractivity contribution in [2.24, 2.45) is 0 Å². The standard InChI is InChI=1S/C19H21BrN2O3S2.C2HF3O2/c20-16-9-10-17(26-16)27(24,25)22-15-7-5-13(6-8-15)19(11-12-19)18(23)21-14-3-1-2-4-14;3-2(4,5)1(6)7/h5-10,14,22H,1-4,11-12H2,(H,21,23);(H,6,7). The molecular formula is C21H22BrF3N2O5S2. The molecule has 3 N–H and O–H groups in total. The Morgan fingerprint density at radius 3 is 2.06 bits per heavy atom. The molecule has 0 aliphatic heterocycles. The van der Waals surface area contributed by atoms with E-state index in [1.807, 2.05) is 12.1 Å². The molecule has 2 saturated carbocycles. The van der Waals surface area contributed by atoms with E-state index in [0.29, 0.717) is 11.7 Å². The number of aliphatic carboxylic acids is 1. The number of carboxylic acid groups (broad SMARTS) is 1. The quantitative estimate of drug-likeness (QED) is 0.442. The molecule has 0 radical (unpaired) electrons. The van der Waals surface area contributed by atoms with Gasteiger partial charge in [-0.3, -0.25) is 9.52 Å². The predicted molar refractivity (Wildman–Crippen MR) is 124 cm³/mol. The van der Waals surface area contributed by atoms with E-state index < -0.39 is 27.6 Å². The number of amides is 1. The van der Waals surface area contributed by atoms with Gasteiger partial charge in [-0.2, -0.15) is 13.2 Å². The summed E-state index contributed by atoms with van der Waals surface area (Å²) in [4.78, 5) is 21.7. The van der Waals surface area contributed by atoms with Crippen LogP contribution in [-0.2, 0) is 25.0 Å². The Bertz CT molecular complexity index is 1140. The van der Waals surface area contributed by atoms with Gasteiger partial charge in [0, 0.05) is 11.7 Å². The number of benzene rings is 1. The number of rotatable bonds is 6. The molecule has 0 bridgehead atoms. The molecule has 34 heavy (non-hydrogen) atoms. The van der Waals surface area contributed by atoms with Crippen LogP contribution in [0.1, 0.15) is 44.1 Å². The summed E-state index contributed by atoms with van der Waals surface area (Å²) in [6, 6.07) is 10.8. The number of halogens is 4. The summed E-state index contributed by atoms with van der Waals surface area (Å²) in [6.07, 6.45) is 1.13. The van der Waals surface area contributed by atoms with Crippen molar-refractivity contribution in [2.75, 3.05) is 4.72 Å². The van der Waals surface area contributed by atoms with Crippen LogP contribution in [0.3, 0.4) is 0 Å². The van der Waals surface area contributed by atoms with Crippen molar-refractivity contribution in [3.63, 3.8) is 0 Å². The third-order valence-electron chi connectivity index (χ3n) is 5.62. The first kappa shape index (κ1) is 26.5. The molecule has 2 fully saturated rings. The molecule has 1 heterocycles. The maximum Gasteiger partial charge on any atom is 0.490 e. The van der Waals surface area contributed by atoms with Crippen LogP contribution in [0.15, 0.2) is 44.4 Å². The highest BCUT2D eigenvalue weighted by molar-refractivity contribution is 9.11. The van der Waals surface area contributed by atoms with Crippen LogP contribution in [0.4, 0.5) is 18.9 Å². The lowest BCUT2D eigenvalue weighted by atomic mass is 9.94. The van der Waals surface area contributed by atoms with Crippen molar-refractivity contribution >= 4 is 54.9 Å². The van der Waals surface area contributed by atoms with Gasteiger partial charge < -0.3 is 10.4 Å². The molecule has 2 aliphatic carbocycles. The van der Waals surface area contributed by atoms with Gasteiger partial charge in [0.25, 0.3) is 10.0 Å². The van der Waals surface area contributed by atoms with Gasteiger partial charge in [-0.25, -0.2) is 13.2 Å². The number of nitrogens with one attached hydrogen (secondary N) is 2. The Morgan fingerprint density at radius 1 is 1.06 bits per heavy atom. The van der Waals surface area contributed by atoms with Gasteiger partial charge in [0.2, 0.25) is 5.91 Å². The van der Waals surface area contributed by atoms with Gasteiger partial charge in [0.15, 0.2) is 0 Å². The molecule has 0 saturated heterocycles. The number of anilines is 1. The molecule has 0 unspecified atom stereocenters. The van der Waals surface area contributed by atoms with Crippen molar-refractivity contribution in [3.05, 3.63) is 45.7 Å². The molecule has 13 heteroatoms. The van der Waals surface area contributed by atoms with Gasteiger partial charge in [0.1, 0.15) is 4.21 Å². The zero-order valence-corrected chi connectivity index (χ0v) is 20.9. The van der Waals surface area contributed by atoms with Crippen molar-refractivity contribution in [1.29, 1.82) is 0 Å². The fourth-order valence-corrected chi connectivity index (χ4v) is 6.74. The first-order valence-electron chi connectivity index (χ1n) is 10.3. The summed E-state index contributed by atoms with van der Waals surface area (Å²) in [6.45, 7) is 0. The number of hydrogen-bond donors (Lipinski definition) is 3. The first-order valence-corrected chi connectivity index (χ1v) is 13.4. The van der Waals surface area contributed by atoms with Crippen LogP contribution in [0, 0.1) is 0 Å². The number of carboxylic acids is 1. The van der Waals surface area contributed by atoms with Crippen molar-refractivity contribution in [2.45, 2.75) is 60.4 Å². The number of hydrogen-bond acceptors (Lipinski definition) is 5. The van der Waals surface area contributed by atoms with Gasteiger partial charge in [0.05, 0.1) is 9.20 Å². The summed E-state index contributed by atoms with van der Waals surface area (Å²) in [5.74, 6) is -2.64. The second-order valence-electron chi connectivity index (χ2n) is 8.08. The highest BCUT2D eigenvalue weighted by Gasteiger charge is 2.51. The highest BCUT2D eigenvalue weighted by atomic mass is 79.9. The lowest BCUT2D eigenvalue weighted by Crippen LogP contribution is -2.40. The topological polar surface area (TPSA) is 113 Å². The second kappa shape index (κ2) is 10.2. The number of carbonyl (C=O) groups excluding carboxylic acids is 1. The van der Waals surface area contributed by atoms with Crippen LogP contribution in [-0.4, -0.2) is 37.6 Å². The Labute approximate surface area is 206 Å². The zero-order valence-electron chi connectivity index (χ0n) is 17.7. The molecular weight excluding hydrogens is 561 g/mol. The molecule has 1 amide bonds. The minimum absolute atomic E-state index is 0.117. The minimum atomic E-state index is -5.08. The van der Waals surface area contributed by atoms with Crippen LogP contribution in [0.25, 0.3) is 0 Å². The third-order valence-corrected chi connectivity index (χ3v) is 9.12. The number of alkyl halides is 3. The van der Waals surface area contributed by atoms with E-state index in [1.54, 1.807) is 24.3 Å². The van der Waals surface area contributed by atoms with E-state index in [9.17, 15) is 26.4 Å². The minimum Gasteiger partial charge on any atom is -0.475 e. The molecule has 2 aromatic rings. The highest BCUT2D eigenvalue weighted by Crippen LogP contribution is 2.49. The van der Waals surface area contributed by atoms with E-state index in [0.717, 1.165) is 46.4 Å². The largest absolute Gasteiger partial charge is 0.490 e. The van der Waals surface area contributed by atoms with Gasteiger partial charge in [-0.1, -0.05) is 25.0 Å². The van der Waals surface area contributed by atoms with Crippen molar-refractivity contribution in [3.8, 4) is 0 Å². The average molecular weight is 583 g/mol. The molecule has 7 nitrogen and oxygen atoms in total. The zero-order chi connectivity index (χ0) is 25.1. The molecule has 0 atom stereocenters. The van der Waals surface area contributed by atoms with E-state index in [4.69, 9.17) is 9.90 Å². The van der Waals surface area contributed by atoms with Crippen molar-refractivity contribution < 1.29 is 36.3 Å². The predicted octanol–water partition coefficient (Wildman–Crippen LogP) is 5.04. The van der Waals surface area contributed by atoms with Crippen molar-refractivity contribution in [1.82, 2.24) is 5.32 Å². The molecule has 186 valence electrons. The van der Waals surface area contributed by atoms with Crippen LogP contribution in [0.5, 0.6) is 0 Å². The second-order valence-corrected chi connectivity index (χ2v) is 12.5. The molecule has 1 aromatic carbocycles. The van der Waals surface area contributed by atoms with Crippen LogP contribution < -0.4 is 10.0 Å². The Hall–Kier alpha value is -2.12. The number of carbonyl (C=O) groups is 2. The van der Waals surface area contributed by atoms with Crippen LogP contribution in [0.2, 0.25) is 0 Å². The van der Waals surface area contributed by atoms with Gasteiger partial charge >= 0.3 is 12.1 Å². The lowest BCUT2D eigenvalue weighted by Gasteiger charge is -2.20. The Balaban J connectivity index is 0.000000406. The molecule has 2 aliphatic rings. The van der Waals surface area contributed by atoms with E-state index in [2.05, 4.69) is 26.0 Å². The maximum absolute atomic E-state index is 12.8. The normalized spacial score (nSPS) is 17.4. The smallest absolute Gasteiger partial charge is 0.475 e. The molecule has 0 spiro atoms. The van der Waals surface area contributed by atoms with Gasteiger partial charge in [-0.15, -0.1) is 11.3 Å². The average Bonchev–Trinajstić information content (AvgIpc) is 3.16. The monoisotopic (exact) mass is 582 g/mol.